The first-order chi connectivity index (χ1) is 18.0. The van der Waals surface area contributed by atoms with Crippen LogP contribution in [0.1, 0.15) is 52.9 Å². The van der Waals surface area contributed by atoms with E-state index in [2.05, 4.69) is 0 Å². The smallest absolute Gasteiger partial charge is 0.340 e. The van der Waals surface area contributed by atoms with E-state index < -0.39 is 52.4 Å². The van der Waals surface area contributed by atoms with Gasteiger partial charge in [0.1, 0.15) is 18.0 Å². The van der Waals surface area contributed by atoms with Gasteiger partial charge in [-0.25, -0.2) is 4.79 Å². The number of ketones is 2. The molecule has 0 amide bonds. The average molecular weight is 530 g/mol. The first-order valence-electron chi connectivity index (χ1n) is 13.2. The van der Waals surface area contributed by atoms with E-state index in [1.54, 1.807) is 20.0 Å². The van der Waals surface area contributed by atoms with E-state index in [0.717, 1.165) is 12.8 Å². The van der Waals surface area contributed by atoms with Crippen molar-refractivity contribution >= 4 is 23.5 Å². The Morgan fingerprint density at radius 3 is 2.63 bits per heavy atom. The Kier molecular flexibility index (Phi) is 6.54. The standard InChI is InChI=1S/C28H35NO9/c1-14(31)37-18-10-27(2)17(7-8-19(27)32)21-23(18)28(3)20(13-36-4)38-26(35)16(22(28)25(34)24(21)33)11-29-9-5-6-15(29)12-30/h11,15,17-18,20,30,34H,5-10,12-13H2,1-4H3/b16-11-/t15-,17-,18+,20+,27-,28-/m0/s1. The molecule has 0 aromatic rings. The zero-order chi connectivity index (χ0) is 27.6. The van der Waals surface area contributed by atoms with E-state index in [9.17, 15) is 29.4 Å². The number of hydrogen-bond donors (Lipinski definition) is 2. The molecular formula is C28H35NO9. The van der Waals surface area contributed by atoms with Crippen molar-refractivity contribution in [1.29, 1.82) is 0 Å². The minimum Gasteiger partial charge on any atom is -0.504 e. The largest absolute Gasteiger partial charge is 0.504 e. The summed E-state index contributed by atoms with van der Waals surface area (Å²) in [5.74, 6) is -2.98. The number of hydrogen-bond acceptors (Lipinski definition) is 10. The molecule has 206 valence electrons. The maximum absolute atomic E-state index is 14.0. The SMILES string of the molecule is COC[C@H]1OC(=O)/C(=C\N2CCC[C@H]2CO)C2=C(O)C(=O)C3=C([C@H](OC(C)=O)C[C@]4(C)C(=O)CC[C@@H]34)[C@]21C. The molecule has 5 aliphatic rings. The monoisotopic (exact) mass is 529 g/mol. The molecule has 1 saturated carbocycles. The number of aliphatic hydroxyl groups is 2. The third-order valence-corrected chi connectivity index (χ3v) is 9.35. The first kappa shape index (κ1) is 26.6. The van der Waals surface area contributed by atoms with Gasteiger partial charge < -0.3 is 29.3 Å². The molecule has 38 heavy (non-hydrogen) atoms. The van der Waals surface area contributed by atoms with Gasteiger partial charge in [-0.2, -0.15) is 0 Å². The van der Waals surface area contributed by atoms with Crippen LogP contribution in [-0.2, 0) is 33.4 Å². The highest BCUT2D eigenvalue weighted by molar-refractivity contribution is 6.14. The quantitative estimate of drug-likeness (QED) is 0.401. The summed E-state index contributed by atoms with van der Waals surface area (Å²) in [6.45, 7) is 5.29. The summed E-state index contributed by atoms with van der Waals surface area (Å²) in [5, 5.41) is 21.4. The Bertz CT molecular complexity index is 1200. The van der Waals surface area contributed by atoms with Crippen molar-refractivity contribution < 1.29 is 43.6 Å². The van der Waals surface area contributed by atoms with Gasteiger partial charge in [-0.1, -0.05) is 6.92 Å². The maximum Gasteiger partial charge on any atom is 0.340 e. The molecule has 3 fully saturated rings. The van der Waals surface area contributed by atoms with E-state index >= 15 is 0 Å². The minimum atomic E-state index is -1.27. The highest BCUT2D eigenvalue weighted by Gasteiger charge is 2.64. The van der Waals surface area contributed by atoms with E-state index in [1.165, 1.54) is 14.0 Å². The number of methoxy groups -OCH3 is 1. The fourth-order valence-corrected chi connectivity index (χ4v) is 7.47. The van der Waals surface area contributed by atoms with Crippen LogP contribution in [0, 0.1) is 16.7 Å². The molecule has 10 heteroatoms. The molecule has 3 aliphatic carbocycles. The van der Waals surface area contributed by atoms with Gasteiger partial charge in [-0.15, -0.1) is 0 Å². The summed E-state index contributed by atoms with van der Waals surface area (Å²) in [7, 11) is 1.46. The third kappa shape index (κ3) is 3.67. The highest BCUT2D eigenvalue weighted by Crippen LogP contribution is 2.62. The molecule has 2 N–H and O–H groups in total. The minimum absolute atomic E-state index is 0.00778. The van der Waals surface area contributed by atoms with E-state index in [1.807, 2.05) is 4.90 Å². The van der Waals surface area contributed by atoms with Gasteiger partial charge >= 0.3 is 11.9 Å². The summed E-state index contributed by atoms with van der Waals surface area (Å²) in [6, 6.07) is -0.205. The number of ether oxygens (including phenoxy) is 3. The fourth-order valence-electron chi connectivity index (χ4n) is 7.47. The number of rotatable bonds is 5. The predicted molar refractivity (Wildman–Crippen MR) is 132 cm³/mol. The summed E-state index contributed by atoms with van der Waals surface area (Å²) in [4.78, 5) is 54.5. The van der Waals surface area contributed by atoms with E-state index in [0.29, 0.717) is 18.5 Å². The lowest BCUT2D eigenvalue weighted by molar-refractivity contribution is -0.160. The molecule has 2 saturated heterocycles. The number of fused-ring (bicyclic) bond motifs is 4. The second-order valence-electron chi connectivity index (χ2n) is 11.4. The Morgan fingerprint density at radius 2 is 1.97 bits per heavy atom. The summed E-state index contributed by atoms with van der Waals surface area (Å²) in [6.07, 6.45) is 2.17. The van der Waals surface area contributed by atoms with Crippen molar-refractivity contribution in [2.45, 2.75) is 71.1 Å². The molecule has 10 nitrogen and oxygen atoms in total. The topological polar surface area (TPSA) is 140 Å². The molecule has 2 aliphatic heterocycles. The lowest BCUT2D eigenvalue weighted by atomic mass is 9.53. The normalized spacial score (nSPS) is 37.9. The van der Waals surface area contributed by atoms with Gasteiger partial charge in [0.15, 0.2) is 5.76 Å². The zero-order valence-electron chi connectivity index (χ0n) is 22.2. The van der Waals surface area contributed by atoms with Crippen molar-refractivity contribution in [3.05, 3.63) is 34.3 Å². The highest BCUT2D eigenvalue weighted by atomic mass is 16.6. The summed E-state index contributed by atoms with van der Waals surface area (Å²) < 4.78 is 17.1. The first-order valence-corrected chi connectivity index (χ1v) is 13.2. The summed E-state index contributed by atoms with van der Waals surface area (Å²) >= 11 is 0. The number of likely N-dealkylation sites (tertiary alicyclic amines) is 1. The van der Waals surface area contributed by atoms with Gasteiger partial charge in [0.05, 0.1) is 30.2 Å². The molecular weight excluding hydrogens is 494 g/mol. The van der Waals surface area contributed by atoms with Crippen LogP contribution in [0.5, 0.6) is 0 Å². The second kappa shape index (κ2) is 9.34. The van der Waals surface area contributed by atoms with Crippen LogP contribution in [0.25, 0.3) is 0 Å². The van der Waals surface area contributed by atoms with Gasteiger partial charge in [-0.3, -0.25) is 14.4 Å². The third-order valence-electron chi connectivity index (χ3n) is 9.35. The molecule has 0 unspecified atom stereocenters. The van der Waals surface area contributed by atoms with Crippen LogP contribution < -0.4 is 0 Å². The Morgan fingerprint density at radius 1 is 1.24 bits per heavy atom. The van der Waals surface area contributed by atoms with Crippen molar-refractivity contribution in [3.8, 4) is 0 Å². The average Bonchev–Trinajstić information content (AvgIpc) is 3.43. The second-order valence-corrected chi connectivity index (χ2v) is 11.4. The lowest BCUT2D eigenvalue weighted by Crippen LogP contribution is -2.57. The van der Waals surface area contributed by atoms with Crippen LogP contribution >= 0.6 is 0 Å². The van der Waals surface area contributed by atoms with Crippen molar-refractivity contribution in [1.82, 2.24) is 4.90 Å². The molecule has 0 aromatic heterocycles. The predicted octanol–water partition coefficient (Wildman–Crippen LogP) is 1.92. The Labute approximate surface area is 221 Å². The molecule has 5 rings (SSSR count). The summed E-state index contributed by atoms with van der Waals surface area (Å²) in [5.41, 5.74) is -1.34. The Balaban J connectivity index is 1.76. The van der Waals surface area contributed by atoms with E-state index in [4.69, 9.17) is 14.2 Å². The van der Waals surface area contributed by atoms with E-state index in [-0.39, 0.29) is 54.6 Å². The number of carbonyl (C=O) groups excluding carboxylic acids is 4. The lowest BCUT2D eigenvalue weighted by Gasteiger charge is -2.53. The van der Waals surface area contributed by atoms with Crippen LogP contribution in [-0.4, -0.2) is 83.7 Å². The molecule has 0 radical (unpaired) electrons. The van der Waals surface area contributed by atoms with Gasteiger partial charge in [-0.05, 0) is 31.8 Å². The molecule has 2 heterocycles. The number of aliphatic hydroxyl groups excluding tert-OH is 2. The number of allylic oxidation sites excluding steroid dienone is 1. The fraction of sp³-hybridized carbons (Fsp3) is 0.643. The van der Waals surface area contributed by atoms with Crippen LogP contribution in [0.4, 0.5) is 0 Å². The van der Waals surface area contributed by atoms with Crippen LogP contribution in [0.3, 0.4) is 0 Å². The number of nitrogens with zero attached hydrogens (tertiary/aromatic N) is 1. The molecule has 0 aromatic carbocycles. The van der Waals surface area contributed by atoms with Crippen LogP contribution in [0.15, 0.2) is 34.3 Å². The number of carbonyl (C=O) groups is 4. The number of cyclic esters (lactones) is 1. The molecule has 0 spiro atoms. The van der Waals surface area contributed by atoms with Crippen LogP contribution in [0.2, 0.25) is 0 Å². The zero-order valence-corrected chi connectivity index (χ0v) is 22.2. The van der Waals surface area contributed by atoms with Gasteiger partial charge in [0.2, 0.25) is 5.78 Å². The van der Waals surface area contributed by atoms with Crippen molar-refractivity contribution in [3.63, 3.8) is 0 Å². The maximum atomic E-state index is 14.0. The van der Waals surface area contributed by atoms with Crippen molar-refractivity contribution in [2.75, 3.05) is 26.9 Å². The van der Waals surface area contributed by atoms with Gasteiger partial charge in [0, 0.05) is 62.1 Å². The van der Waals surface area contributed by atoms with Gasteiger partial charge in [0.25, 0.3) is 0 Å². The number of Topliss-reactive ketones (excluding diaryl/α,β-unsaturated/α-hetero) is 2. The molecule has 0 bridgehead atoms. The molecule has 6 atom stereocenters. The number of esters is 2. The Hall–Kier alpha value is -2.98. The van der Waals surface area contributed by atoms with Crippen molar-refractivity contribution in [2.24, 2.45) is 16.7 Å².